The second-order valence-corrected chi connectivity index (χ2v) is 9.70. The predicted octanol–water partition coefficient (Wildman–Crippen LogP) is 5.35. The molecule has 12 heteroatoms. The van der Waals surface area contributed by atoms with Crippen LogP contribution in [0.2, 0.25) is 0 Å². The van der Waals surface area contributed by atoms with Gasteiger partial charge in [0.15, 0.2) is 11.5 Å². The van der Waals surface area contributed by atoms with Crippen LogP contribution in [0.15, 0.2) is 62.3 Å². The van der Waals surface area contributed by atoms with Gasteiger partial charge in [-0.2, -0.15) is 0 Å². The Balaban J connectivity index is 1.49. The van der Waals surface area contributed by atoms with Crippen molar-refractivity contribution in [2.24, 2.45) is 0 Å². The highest BCUT2D eigenvalue weighted by Gasteiger charge is 2.36. The standard InChI is InChI=1S/C26H20BrNO9S/c1-34-20-10-15(9-18(27)22(20)36-13-14-3-5-16(6-4-14)24(30)31)11-21-23(29)28(26(33)38-21)12-17-7-8-19(37-17)25(32)35-2/h3-11H,12-13H2,1-2H3,(H,30,31)/b21-11+. The minimum Gasteiger partial charge on any atom is -0.493 e. The minimum absolute atomic E-state index is 0.0263. The number of furan rings is 1. The SMILES string of the molecule is COC(=O)c1ccc(CN2C(=O)S/C(=C/c3cc(Br)c(OCc4ccc(C(=O)O)cc4)c(OC)c3)C2=O)o1. The van der Waals surface area contributed by atoms with Crippen LogP contribution in [0.4, 0.5) is 4.79 Å². The lowest BCUT2D eigenvalue weighted by Gasteiger charge is -2.14. The zero-order valence-corrected chi connectivity index (χ0v) is 22.5. The maximum Gasteiger partial charge on any atom is 0.373 e. The Morgan fingerprint density at radius 3 is 2.50 bits per heavy atom. The van der Waals surface area contributed by atoms with Crippen molar-refractivity contribution in [3.8, 4) is 11.5 Å². The maximum atomic E-state index is 12.9. The zero-order chi connectivity index (χ0) is 27.4. The van der Waals surface area contributed by atoms with Crippen LogP contribution in [0.25, 0.3) is 6.08 Å². The molecule has 196 valence electrons. The van der Waals surface area contributed by atoms with E-state index < -0.39 is 23.1 Å². The summed E-state index contributed by atoms with van der Waals surface area (Å²) in [7, 11) is 2.69. The molecule has 10 nitrogen and oxygen atoms in total. The number of carboxylic acid groups (broad SMARTS) is 1. The van der Waals surface area contributed by atoms with Gasteiger partial charge in [-0.25, -0.2) is 9.59 Å². The third-order valence-electron chi connectivity index (χ3n) is 5.37. The van der Waals surface area contributed by atoms with E-state index in [4.69, 9.17) is 19.0 Å². The van der Waals surface area contributed by atoms with Crippen molar-refractivity contribution in [2.45, 2.75) is 13.2 Å². The van der Waals surface area contributed by atoms with E-state index >= 15 is 0 Å². The number of aromatic carboxylic acids is 1. The predicted molar refractivity (Wildman–Crippen MR) is 140 cm³/mol. The van der Waals surface area contributed by atoms with Crippen LogP contribution in [0.3, 0.4) is 0 Å². The lowest BCUT2D eigenvalue weighted by molar-refractivity contribution is -0.123. The van der Waals surface area contributed by atoms with Crippen molar-refractivity contribution in [2.75, 3.05) is 14.2 Å². The molecule has 1 fully saturated rings. The van der Waals surface area contributed by atoms with E-state index in [1.54, 1.807) is 30.3 Å². The number of methoxy groups -OCH3 is 2. The number of hydrogen-bond donors (Lipinski definition) is 1. The van der Waals surface area contributed by atoms with Crippen molar-refractivity contribution >= 4 is 56.9 Å². The average Bonchev–Trinajstić information content (AvgIpc) is 3.48. The highest BCUT2D eigenvalue weighted by Crippen LogP contribution is 2.39. The smallest absolute Gasteiger partial charge is 0.373 e. The fourth-order valence-electron chi connectivity index (χ4n) is 3.48. The van der Waals surface area contributed by atoms with E-state index in [2.05, 4.69) is 20.7 Å². The molecule has 1 saturated heterocycles. The average molecular weight is 602 g/mol. The maximum absolute atomic E-state index is 12.9. The number of ether oxygens (including phenoxy) is 3. The fraction of sp³-hybridized carbons (Fsp3) is 0.154. The lowest BCUT2D eigenvalue weighted by atomic mass is 10.1. The van der Waals surface area contributed by atoms with Gasteiger partial charge < -0.3 is 23.7 Å². The first-order chi connectivity index (χ1) is 18.2. The minimum atomic E-state index is -1.01. The van der Waals surface area contributed by atoms with Gasteiger partial charge >= 0.3 is 11.9 Å². The second kappa shape index (κ2) is 11.6. The fourth-order valence-corrected chi connectivity index (χ4v) is 4.89. The van der Waals surface area contributed by atoms with E-state index in [0.717, 1.165) is 22.2 Å². The van der Waals surface area contributed by atoms with Crippen LogP contribution in [-0.4, -0.2) is 47.3 Å². The molecule has 0 saturated carbocycles. The van der Waals surface area contributed by atoms with Gasteiger partial charge in [-0.15, -0.1) is 0 Å². The topological polar surface area (TPSA) is 133 Å². The summed E-state index contributed by atoms with van der Waals surface area (Å²) in [6, 6.07) is 12.6. The normalized spacial score (nSPS) is 14.2. The summed E-state index contributed by atoms with van der Waals surface area (Å²) < 4.78 is 21.9. The van der Waals surface area contributed by atoms with Crippen LogP contribution in [0.5, 0.6) is 11.5 Å². The number of hydrogen-bond acceptors (Lipinski definition) is 9. The number of carbonyl (C=O) groups excluding carboxylic acids is 3. The Morgan fingerprint density at radius 1 is 1.11 bits per heavy atom. The molecule has 0 unspecified atom stereocenters. The van der Waals surface area contributed by atoms with Gasteiger partial charge in [-0.3, -0.25) is 14.5 Å². The quantitative estimate of drug-likeness (QED) is 0.253. The summed E-state index contributed by atoms with van der Waals surface area (Å²) in [4.78, 5) is 49.3. The Bertz CT molecular complexity index is 1450. The molecule has 0 spiro atoms. The number of esters is 1. The van der Waals surface area contributed by atoms with Gasteiger partial charge in [-0.1, -0.05) is 12.1 Å². The van der Waals surface area contributed by atoms with Crippen molar-refractivity contribution < 1.29 is 42.9 Å². The molecular formula is C26H20BrNO9S. The Labute approximate surface area is 229 Å². The van der Waals surface area contributed by atoms with Gasteiger partial charge in [0, 0.05) is 0 Å². The molecule has 4 rings (SSSR count). The van der Waals surface area contributed by atoms with E-state index in [1.807, 2.05) is 0 Å². The van der Waals surface area contributed by atoms with Gasteiger partial charge in [0.1, 0.15) is 12.4 Å². The van der Waals surface area contributed by atoms with E-state index in [-0.39, 0.29) is 35.1 Å². The van der Waals surface area contributed by atoms with E-state index in [0.29, 0.717) is 21.5 Å². The molecule has 2 amide bonds. The summed E-state index contributed by atoms with van der Waals surface area (Å²) in [5.74, 6) is -1.13. The molecular weight excluding hydrogens is 582 g/mol. The van der Waals surface area contributed by atoms with Gasteiger partial charge in [0.25, 0.3) is 11.1 Å². The molecule has 1 aromatic heterocycles. The molecule has 38 heavy (non-hydrogen) atoms. The largest absolute Gasteiger partial charge is 0.493 e. The van der Waals surface area contributed by atoms with E-state index in [9.17, 15) is 19.2 Å². The van der Waals surface area contributed by atoms with Crippen molar-refractivity contribution in [3.63, 3.8) is 0 Å². The molecule has 0 atom stereocenters. The highest BCUT2D eigenvalue weighted by molar-refractivity contribution is 9.10. The number of benzene rings is 2. The monoisotopic (exact) mass is 601 g/mol. The summed E-state index contributed by atoms with van der Waals surface area (Å²) >= 11 is 4.25. The second-order valence-electron chi connectivity index (χ2n) is 7.85. The van der Waals surface area contributed by atoms with Gasteiger partial charge in [0.05, 0.1) is 35.7 Å². The van der Waals surface area contributed by atoms with Crippen LogP contribution in [0.1, 0.15) is 37.8 Å². The summed E-state index contributed by atoms with van der Waals surface area (Å²) in [5.41, 5.74) is 1.52. The number of imide groups is 1. The van der Waals surface area contributed by atoms with Crippen LogP contribution in [0, 0.1) is 0 Å². The van der Waals surface area contributed by atoms with Crippen molar-refractivity contribution in [3.05, 3.63) is 86.1 Å². The molecule has 0 bridgehead atoms. The molecule has 2 aromatic carbocycles. The Kier molecular flexibility index (Phi) is 8.23. The first-order valence-electron chi connectivity index (χ1n) is 10.9. The molecule has 1 aliphatic heterocycles. The Hall–Kier alpha value is -4.03. The van der Waals surface area contributed by atoms with Crippen LogP contribution in [-0.2, 0) is 22.7 Å². The van der Waals surface area contributed by atoms with Gasteiger partial charge in [-0.05, 0) is 81.3 Å². The molecule has 1 aliphatic rings. The lowest BCUT2D eigenvalue weighted by Crippen LogP contribution is -2.27. The van der Waals surface area contributed by atoms with E-state index in [1.165, 1.54) is 38.5 Å². The first-order valence-corrected chi connectivity index (χ1v) is 12.6. The first kappa shape index (κ1) is 27.0. The number of nitrogens with zero attached hydrogens (tertiary/aromatic N) is 1. The zero-order valence-electron chi connectivity index (χ0n) is 20.1. The highest BCUT2D eigenvalue weighted by atomic mass is 79.9. The Morgan fingerprint density at radius 2 is 1.84 bits per heavy atom. The molecule has 0 aliphatic carbocycles. The number of halogens is 1. The third kappa shape index (κ3) is 5.92. The molecule has 0 radical (unpaired) electrons. The van der Waals surface area contributed by atoms with Crippen LogP contribution < -0.4 is 9.47 Å². The molecule has 2 heterocycles. The molecule has 3 aromatic rings. The van der Waals surface area contributed by atoms with Crippen LogP contribution >= 0.6 is 27.7 Å². The molecule has 1 N–H and O–H groups in total. The number of carbonyl (C=O) groups is 4. The number of amides is 2. The number of rotatable bonds is 9. The van der Waals surface area contributed by atoms with Gasteiger partial charge in [0.2, 0.25) is 5.76 Å². The summed E-state index contributed by atoms with van der Waals surface area (Å²) in [6.07, 6.45) is 1.56. The summed E-state index contributed by atoms with van der Waals surface area (Å²) in [5, 5.41) is 8.56. The number of carboxylic acids is 1. The third-order valence-corrected chi connectivity index (χ3v) is 6.87. The number of thioether (sulfide) groups is 1. The van der Waals surface area contributed by atoms with Crippen molar-refractivity contribution in [1.29, 1.82) is 0 Å². The summed E-state index contributed by atoms with van der Waals surface area (Å²) in [6.45, 7) is 0.0316. The van der Waals surface area contributed by atoms with Crippen molar-refractivity contribution in [1.82, 2.24) is 4.90 Å².